The summed E-state index contributed by atoms with van der Waals surface area (Å²) in [6.07, 6.45) is 3.32. The maximum absolute atomic E-state index is 12.8. The zero-order valence-corrected chi connectivity index (χ0v) is 16.8. The monoisotopic (exact) mass is 415 g/mol. The third kappa shape index (κ3) is 4.49. The third-order valence-corrected chi connectivity index (χ3v) is 5.94. The Morgan fingerprint density at radius 1 is 1.07 bits per heavy atom. The quantitative estimate of drug-likeness (QED) is 0.668. The molecule has 0 spiro atoms. The molecule has 144 valence electrons. The molecule has 0 saturated heterocycles. The number of halogens is 1. The van der Waals surface area contributed by atoms with Gasteiger partial charge >= 0.3 is 0 Å². The molecule has 0 bridgehead atoms. The molecule has 2 aromatic carbocycles. The molecule has 0 radical (unpaired) electrons. The lowest BCUT2D eigenvalue weighted by molar-refractivity contribution is -0.377. The summed E-state index contributed by atoms with van der Waals surface area (Å²) in [4.78, 5) is 15.1. The van der Waals surface area contributed by atoms with Crippen molar-refractivity contribution in [2.75, 3.05) is 5.32 Å². The van der Waals surface area contributed by atoms with E-state index >= 15 is 0 Å². The smallest absolute Gasteiger partial charge is 0.255 e. The molecule has 28 heavy (non-hydrogen) atoms. The molecule has 0 fully saturated rings. The Labute approximate surface area is 168 Å². The number of carbonyl (C=O) groups is 1. The molecule has 1 heterocycles. The molecule has 3 rings (SSSR count). The molecule has 3 aromatic rings. The normalized spacial score (nSPS) is 11.1. The van der Waals surface area contributed by atoms with Crippen LogP contribution in [0.4, 0.5) is 11.4 Å². The lowest BCUT2D eigenvalue weighted by Crippen LogP contribution is -2.14. The molecule has 0 saturated carbocycles. The van der Waals surface area contributed by atoms with Gasteiger partial charge in [-0.05, 0) is 49.2 Å². The van der Waals surface area contributed by atoms with Gasteiger partial charge in [-0.2, -0.15) is 0 Å². The van der Waals surface area contributed by atoms with Gasteiger partial charge in [-0.1, -0.05) is 29.8 Å². The number of carbonyl (C=O) groups excluding carboxylic acids is 1. The Morgan fingerprint density at radius 3 is 2.54 bits per heavy atom. The molecule has 1 amide bonds. The first kappa shape index (κ1) is 19.9. The molecular weight excluding hydrogens is 398 g/mol. The van der Waals surface area contributed by atoms with E-state index in [0.29, 0.717) is 11.4 Å². The maximum atomic E-state index is 12.8. The molecular formula is C20H18ClN3O3S. The molecule has 1 aromatic heterocycles. The summed E-state index contributed by atoms with van der Waals surface area (Å²) in [5.41, 5.74) is 2.96. The van der Waals surface area contributed by atoms with Gasteiger partial charge in [-0.15, -0.1) is 5.69 Å². The first-order chi connectivity index (χ1) is 13.3. The maximum Gasteiger partial charge on any atom is 0.255 e. The Morgan fingerprint density at radius 2 is 1.86 bits per heavy atom. The van der Waals surface area contributed by atoms with E-state index in [0.717, 1.165) is 11.1 Å². The summed E-state index contributed by atoms with van der Waals surface area (Å²) < 4.78 is 29.4. The lowest BCUT2D eigenvalue weighted by atomic mass is 10.1. The minimum absolute atomic E-state index is 0.00261. The van der Waals surface area contributed by atoms with Crippen LogP contribution in [0.2, 0.25) is 5.02 Å². The van der Waals surface area contributed by atoms with E-state index in [4.69, 9.17) is 11.6 Å². The zero-order valence-electron chi connectivity index (χ0n) is 15.2. The number of rotatable bonds is 5. The van der Waals surface area contributed by atoms with E-state index < -0.39 is 15.9 Å². The topological polar surface area (TPSA) is 91.5 Å². The fraction of sp³-hybridized carbons (Fsp3) is 0.100. The van der Waals surface area contributed by atoms with Gasteiger partial charge in [0.25, 0.3) is 5.91 Å². The Balaban J connectivity index is 1.89. The van der Waals surface area contributed by atoms with Crippen molar-refractivity contribution in [2.45, 2.75) is 18.7 Å². The zero-order chi connectivity index (χ0) is 20.3. The van der Waals surface area contributed by atoms with Gasteiger partial charge in [0, 0.05) is 11.6 Å². The fourth-order valence-corrected chi connectivity index (χ4v) is 3.98. The summed E-state index contributed by atoms with van der Waals surface area (Å²) >= 11 is 6.09. The molecule has 2 N–H and O–H groups in total. The predicted octanol–water partition coefficient (Wildman–Crippen LogP) is 4.42. The number of hydrogen-bond donors (Lipinski definition) is 1. The van der Waals surface area contributed by atoms with Crippen molar-refractivity contribution in [3.05, 3.63) is 87.4 Å². The average molecular weight is 416 g/mol. The summed E-state index contributed by atoms with van der Waals surface area (Å²) in [7, 11) is -4.10. The van der Waals surface area contributed by atoms with E-state index in [-0.39, 0.29) is 15.5 Å². The predicted molar refractivity (Wildman–Crippen MR) is 109 cm³/mol. The van der Waals surface area contributed by atoms with E-state index in [9.17, 15) is 13.2 Å². The van der Waals surface area contributed by atoms with Crippen molar-refractivity contribution in [1.82, 2.24) is 0 Å². The first-order valence-corrected chi connectivity index (χ1v) is 10.2. The molecule has 0 aliphatic heterocycles. The summed E-state index contributed by atoms with van der Waals surface area (Å²) in [6, 6.07) is 12.6. The van der Waals surface area contributed by atoms with Crippen LogP contribution in [0.25, 0.3) is 4.72 Å². The van der Waals surface area contributed by atoms with Gasteiger partial charge in [-0.3, -0.25) is 4.79 Å². The number of amides is 1. The first-order valence-electron chi connectivity index (χ1n) is 8.38. The Hall–Kier alpha value is -2.90. The van der Waals surface area contributed by atoms with E-state index in [1.54, 1.807) is 42.7 Å². The molecule has 8 heteroatoms. The van der Waals surface area contributed by atoms with Gasteiger partial charge in [0.15, 0.2) is 12.4 Å². The van der Waals surface area contributed by atoms with Gasteiger partial charge in [0.1, 0.15) is 15.7 Å². The van der Waals surface area contributed by atoms with Crippen molar-refractivity contribution >= 4 is 38.9 Å². The lowest BCUT2D eigenvalue weighted by Gasteiger charge is -2.23. The number of pyridine rings is 1. The molecule has 0 aliphatic carbocycles. The molecule has 0 aliphatic rings. The van der Waals surface area contributed by atoms with Gasteiger partial charge < -0.3 is 10.0 Å². The van der Waals surface area contributed by atoms with E-state index in [1.807, 2.05) is 13.8 Å². The number of aromatic amines is 1. The number of hydrogen-bond acceptors (Lipinski definition) is 3. The highest BCUT2D eigenvalue weighted by molar-refractivity contribution is 7.94. The summed E-state index contributed by atoms with van der Waals surface area (Å²) in [5.74, 6) is -0.459. The highest BCUT2D eigenvalue weighted by Crippen LogP contribution is 2.33. The minimum atomic E-state index is -4.10. The van der Waals surface area contributed by atoms with Crippen molar-refractivity contribution in [3.8, 4) is 0 Å². The SMILES string of the molecule is Cc1ccc([N-]S(=O)(=O)c2cc(C(=O)Nc3ccc[nH+]c3)ccc2Cl)cc1C. The second kappa shape index (κ2) is 8.00. The Kier molecular flexibility index (Phi) is 5.67. The summed E-state index contributed by atoms with van der Waals surface area (Å²) in [5, 5.41) is 2.68. The molecule has 0 atom stereocenters. The van der Waals surface area contributed by atoms with Crippen LogP contribution in [0.15, 0.2) is 65.8 Å². The number of nitrogens with zero attached hydrogens (tertiary/aromatic N) is 1. The molecule has 6 nitrogen and oxygen atoms in total. The number of H-pyrrole nitrogens is 1. The number of anilines is 1. The third-order valence-electron chi connectivity index (χ3n) is 4.15. The van der Waals surface area contributed by atoms with Gasteiger partial charge in [-0.25, -0.2) is 13.4 Å². The number of nitrogens with one attached hydrogen (secondary N) is 2. The number of aromatic nitrogens is 1. The highest BCUT2D eigenvalue weighted by atomic mass is 35.5. The van der Waals surface area contributed by atoms with Crippen LogP contribution in [-0.2, 0) is 10.0 Å². The second-order valence-corrected chi connectivity index (χ2v) is 8.21. The summed E-state index contributed by atoms with van der Waals surface area (Å²) in [6.45, 7) is 3.80. The van der Waals surface area contributed by atoms with Crippen LogP contribution >= 0.6 is 11.6 Å². The van der Waals surface area contributed by atoms with E-state index in [2.05, 4.69) is 15.0 Å². The van der Waals surface area contributed by atoms with Crippen LogP contribution in [0, 0.1) is 13.8 Å². The highest BCUT2D eigenvalue weighted by Gasteiger charge is 2.15. The minimum Gasteiger partial charge on any atom is -0.573 e. The van der Waals surface area contributed by atoms with Crippen molar-refractivity contribution in [1.29, 1.82) is 0 Å². The average Bonchev–Trinajstić information content (AvgIpc) is 2.65. The van der Waals surface area contributed by atoms with Crippen molar-refractivity contribution in [3.63, 3.8) is 0 Å². The number of sulfonamides is 1. The number of benzene rings is 2. The van der Waals surface area contributed by atoms with Gasteiger partial charge in [0.2, 0.25) is 0 Å². The van der Waals surface area contributed by atoms with Crippen LogP contribution in [0.1, 0.15) is 21.5 Å². The Bertz CT molecular complexity index is 1130. The van der Waals surface area contributed by atoms with Crippen LogP contribution in [0.5, 0.6) is 0 Å². The largest absolute Gasteiger partial charge is 0.573 e. The van der Waals surface area contributed by atoms with Crippen LogP contribution in [0.3, 0.4) is 0 Å². The molecule has 0 unspecified atom stereocenters. The van der Waals surface area contributed by atoms with Crippen molar-refractivity contribution in [2.24, 2.45) is 0 Å². The standard InChI is InChI=1S/C20H17ClN3O3S/c1-13-5-7-16(10-14(13)2)24-28(26,27)19-11-15(6-8-18(19)21)20(25)23-17-4-3-9-22-12-17/h3-12H,1-2H3,(H,23,25)/q-1/p+1. The van der Waals surface area contributed by atoms with Crippen LogP contribution in [-0.4, -0.2) is 14.3 Å². The van der Waals surface area contributed by atoms with Crippen LogP contribution < -0.4 is 10.3 Å². The van der Waals surface area contributed by atoms with Gasteiger partial charge in [0.05, 0.1) is 9.92 Å². The van der Waals surface area contributed by atoms with Crippen molar-refractivity contribution < 1.29 is 18.2 Å². The fourth-order valence-electron chi connectivity index (χ4n) is 2.49. The second-order valence-electron chi connectivity index (χ2n) is 6.23. The number of aryl methyl sites for hydroxylation is 2. The van der Waals surface area contributed by atoms with E-state index in [1.165, 1.54) is 18.2 Å².